The number of hydrogen-bond acceptors (Lipinski definition) is 3. The summed E-state index contributed by atoms with van der Waals surface area (Å²) < 4.78 is 34.3. The third kappa shape index (κ3) is 3.39. The van der Waals surface area contributed by atoms with Crippen molar-refractivity contribution >= 4 is 10.9 Å². The fourth-order valence-corrected chi connectivity index (χ4v) is 3.03. The SMILES string of the molecule is COc1ccc2[nH]cc(CCN3CC[C@H](OC(F)F)C3)c2c1. The van der Waals surface area contributed by atoms with Crippen molar-refractivity contribution in [3.63, 3.8) is 0 Å². The number of H-pyrrole nitrogens is 1. The van der Waals surface area contributed by atoms with Gasteiger partial charge in [0.2, 0.25) is 0 Å². The lowest BCUT2D eigenvalue weighted by atomic mass is 10.1. The molecule has 0 aliphatic carbocycles. The van der Waals surface area contributed by atoms with Crippen LogP contribution in [0.3, 0.4) is 0 Å². The third-order valence-electron chi connectivity index (χ3n) is 4.20. The summed E-state index contributed by atoms with van der Waals surface area (Å²) in [6.45, 7) is -0.446. The Kier molecular flexibility index (Phi) is 4.59. The molecule has 0 spiro atoms. The van der Waals surface area contributed by atoms with Gasteiger partial charge in [-0.3, -0.25) is 0 Å². The molecule has 1 aromatic carbocycles. The van der Waals surface area contributed by atoms with E-state index in [2.05, 4.69) is 14.6 Å². The first-order valence-electron chi connectivity index (χ1n) is 7.45. The molecule has 1 aromatic heterocycles. The van der Waals surface area contributed by atoms with Crippen molar-refractivity contribution in [1.82, 2.24) is 9.88 Å². The number of aromatic amines is 1. The maximum absolute atomic E-state index is 12.2. The number of fused-ring (bicyclic) bond motifs is 1. The number of likely N-dealkylation sites (tertiary alicyclic amines) is 1. The van der Waals surface area contributed by atoms with Crippen LogP contribution >= 0.6 is 0 Å². The highest BCUT2D eigenvalue weighted by Crippen LogP contribution is 2.24. The molecule has 22 heavy (non-hydrogen) atoms. The molecular formula is C16H20F2N2O2. The van der Waals surface area contributed by atoms with E-state index in [1.165, 1.54) is 5.56 Å². The molecule has 1 aliphatic rings. The van der Waals surface area contributed by atoms with Crippen molar-refractivity contribution in [1.29, 1.82) is 0 Å². The summed E-state index contributed by atoms with van der Waals surface area (Å²) in [4.78, 5) is 5.42. The summed E-state index contributed by atoms with van der Waals surface area (Å²) in [5, 5.41) is 1.15. The minimum absolute atomic E-state index is 0.344. The topological polar surface area (TPSA) is 37.5 Å². The van der Waals surface area contributed by atoms with Crippen LogP contribution in [0.5, 0.6) is 5.75 Å². The van der Waals surface area contributed by atoms with Gasteiger partial charge in [0.25, 0.3) is 0 Å². The highest BCUT2D eigenvalue weighted by atomic mass is 19.3. The van der Waals surface area contributed by atoms with Crippen LogP contribution in [0.25, 0.3) is 10.9 Å². The summed E-state index contributed by atoms with van der Waals surface area (Å²) in [5.41, 5.74) is 2.29. The Morgan fingerprint density at radius 3 is 3.05 bits per heavy atom. The summed E-state index contributed by atoms with van der Waals surface area (Å²) in [5.74, 6) is 0.833. The van der Waals surface area contributed by atoms with Crippen molar-refractivity contribution in [2.75, 3.05) is 26.7 Å². The number of rotatable bonds is 6. The largest absolute Gasteiger partial charge is 0.497 e. The zero-order valence-electron chi connectivity index (χ0n) is 12.5. The molecule has 1 N–H and O–H groups in total. The van der Waals surface area contributed by atoms with Gasteiger partial charge in [0.1, 0.15) is 5.75 Å². The standard InChI is InChI=1S/C16H20F2N2O2/c1-21-12-2-3-15-14(8-12)11(9-19-15)4-6-20-7-5-13(10-20)22-16(17)18/h2-3,8-9,13,16,19H,4-7,10H2,1H3/t13-/m0/s1. The van der Waals surface area contributed by atoms with Gasteiger partial charge in [-0.1, -0.05) is 0 Å². The zero-order chi connectivity index (χ0) is 15.5. The lowest BCUT2D eigenvalue weighted by Gasteiger charge is -2.15. The molecule has 6 heteroatoms. The number of aromatic nitrogens is 1. The average Bonchev–Trinajstić information content (AvgIpc) is 3.10. The monoisotopic (exact) mass is 310 g/mol. The minimum Gasteiger partial charge on any atom is -0.497 e. The lowest BCUT2D eigenvalue weighted by molar-refractivity contribution is -0.158. The smallest absolute Gasteiger partial charge is 0.345 e. The van der Waals surface area contributed by atoms with E-state index in [0.717, 1.165) is 36.2 Å². The number of ether oxygens (including phenoxy) is 2. The highest BCUT2D eigenvalue weighted by molar-refractivity contribution is 5.84. The average molecular weight is 310 g/mol. The molecule has 0 unspecified atom stereocenters. The Balaban J connectivity index is 1.60. The Morgan fingerprint density at radius 1 is 1.41 bits per heavy atom. The minimum atomic E-state index is -2.67. The Labute approximate surface area is 128 Å². The van der Waals surface area contributed by atoms with Crippen molar-refractivity contribution in [3.05, 3.63) is 30.0 Å². The van der Waals surface area contributed by atoms with E-state index >= 15 is 0 Å². The van der Waals surface area contributed by atoms with Gasteiger partial charge in [-0.05, 0) is 36.6 Å². The molecule has 0 radical (unpaired) electrons. The van der Waals surface area contributed by atoms with Crippen LogP contribution in [0.1, 0.15) is 12.0 Å². The van der Waals surface area contributed by atoms with E-state index in [1.807, 2.05) is 24.4 Å². The van der Waals surface area contributed by atoms with E-state index in [0.29, 0.717) is 13.0 Å². The van der Waals surface area contributed by atoms with Gasteiger partial charge in [-0.25, -0.2) is 0 Å². The van der Waals surface area contributed by atoms with Crippen LogP contribution in [0.4, 0.5) is 8.78 Å². The van der Waals surface area contributed by atoms with Gasteiger partial charge in [-0.2, -0.15) is 8.78 Å². The fraction of sp³-hybridized carbons (Fsp3) is 0.500. The number of alkyl halides is 2. The summed E-state index contributed by atoms with van der Waals surface area (Å²) >= 11 is 0. The Hall–Kier alpha value is -1.66. The van der Waals surface area contributed by atoms with Crippen molar-refractivity contribution in [2.45, 2.75) is 25.6 Å². The molecule has 4 nitrogen and oxygen atoms in total. The van der Waals surface area contributed by atoms with Crippen molar-refractivity contribution in [2.24, 2.45) is 0 Å². The molecule has 120 valence electrons. The van der Waals surface area contributed by atoms with Crippen LogP contribution in [0.15, 0.2) is 24.4 Å². The quantitative estimate of drug-likeness (QED) is 0.891. The molecule has 1 saturated heterocycles. The molecule has 2 aromatic rings. The maximum Gasteiger partial charge on any atom is 0.345 e. The number of nitrogens with zero attached hydrogens (tertiary/aromatic N) is 1. The van der Waals surface area contributed by atoms with Crippen LogP contribution < -0.4 is 4.74 Å². The Morgan fingerprint density at radius 2 is 2.27 bits per heavy atom. The second kappa shape index (κ2) is 6.62. The molecule has 0 bridgehead atoms. The first-order valence-corrected chi connectivity index (χ1v) is 7.45. The number of benzene rings is 1. The summed E-state index contributed by atoms with van der Waals surface area (Å²) in [7, 11) is 1.65. The van der Waals surface area contributed by atoms with Gasteiger partial charge in [-0.15, -0.1) is 0 Å². The predicted molar refractivity (Wildman–Crippen MR) is 80.5 cm³/mol. The molecule has 3 rings (SSSR count). The van der Waals surface area contributed by atoms with Gasteiger partial charge in [0, 0.05) is 36.7 Å². The third-order valence-corrected chi connectivity index (χ3v) is 4.20. The van der Waals surface area contributed by atoms with Crippen molar-refractivity contribution in [3.8, 4) is 5.75 Å². The Bertz CT molecular complexity index is 630. The molecule has 0 amide bonds. The van der Waals surface area contributed by atoms with Gasteiger partial charge in [0.05, 0.1) is 13.2 Å². The molecule has 0 saturated carbocycles. The van der Waals surface area contributed by atoms with Gasteiger partial charge < -0.3 is 19.4 Å². The van der Waals surface area contributed by atoms with Gasteiger partial charge >= 0.3 is 6.61 Å². The number of hydrogen-bond donors (Lipinski definition) is 1. The maximum atomic E-state index is 12.2. The summed E-state index contributed by atoms with van der Waals surface area (Å²) in [6, 6.07) is 5.95. The molecular weight excluding hydrogens is 290 g/mol. The highest BCUT2D eigenvalue weighted by Gasteiger charge is 2.25. The molecule has 1 fully saturated rings. The molecule has 1 atom stereocenters. The first kappa shape index (κ1) is 15.2. The normalized spacial score (nSPS) is 19.4. The number of nitrogens with one attached hydrogen (secondary N) is 1. The van der Waals surface area contributed by atoms with E-state index in [-0.39, 0.29) is 6.10 Å². The van der Waals surface area contributed by atoms with Gasteiger partial charge in [0.15, 0.2) is 0 Å². The lowest BCUT2D eigenvalue weighted by Crippen LogP contribution is -2.26. The van der Waals surface area contributed by atoms with Crippen LogP contribution in [-0.2, 0) is 11.2 Å². The predicted octanol–water partition coefficient (Wildman–Crippen LogP) is 3.03. The zero-order valence-corrected chi connectivity index (χ0v) is 12.5. The van der Waals surface area contributed by atoms with Crippen LogP contribution in [-0.4, -0.2) is 49.3 Å². The number of methoxy groups -OCH3 is 1. The van der Waals surface area contributed by atoms with Crippen LogP contribution in [0.2, 0.25) is 0 Å². The summed E-state index contributed by atoms with van der Waals surface area (Å²) in [6.07, 6.45) is 3.21. The van der Waals surface area contributed by atoms with E-state index in [9.17, 15) is 8.78 Å². The number of halogens is 2. The second-order valence-electron chi connectivity index (χ2n) is 5.58. The van der Waals surface area contributed by atoms with Crippen molar-refractivity contribution < 1.29 is 18.3 Å². The van der Waals surface area contributed by atoms with Crippen LogP contribution in [0, 0.1) is 0 Å². The molecule has 2 heterocycles. The van der Waals surface area contributed by atoms with E-state index in [4.69, 9.17) is 4.74 Å². The second-order valence-corrected chi connectivity index (χ2v) is 5.58. The van der Waals surface area contributed by atoms with E-state index < -0.39 is 6.61 Å². The molecule has 1 aliphatic heterocycles. The first-order chi connectivity index (χ1) is 10.7. The fourth-order valence-electron chi connectivity index (χ4n) is 3.03. The van der Waals surface area contributed by atoms with E-state index in [1.54, 1.807) is 7.11 Å².